The lowest BCUT2D eigenvalue weighted by molar-refractivity contribution is 0.00204. The lowest BCUT2D eigenvalue weighted by atomic mass is 9.89. The normalized spacial score (nSPS) is 20.1. The number of hydrogen-bond acceptors (Lipinski definition) is 2. The molecule has 0 N–H and O–H groups in total. The fourth-order valence-corrected chi connectivity index (χ4v) is 3.55. The molecule has 1 fully saturated rings. The van der Waals surface area contributed by atoms with E-state index in [1.165, 1.54) is 6.07 Å². The van der Waals surface area contributed by atoms with E-state index < -0.39 is 35.0 Å². The molecule has 1 aliphatic heterocycles. The average Bonchev–Trinajstić information content (AvgIpc) is 2.73. The molecule has 29 heavy (non-hydrogen) atoms. The molecule has 2 atom stereocenters. The summed E-state index contributed by atoms with van der Waals surface area (Å²) in [5.41, 5.74) is 0.913. The highest BCUT2D eigenvalue weighted by atomic mass is 19.2. The summed E-state index contributed by atoms with van der Waals surface area (Å²) >= 11 is 0. The molecule has 0 radical (unpaired) electrons. The first kappa shape index (κ1) is 21.1. The molecule has 0 aliphatic carbocycles. The standard InChI is InChI=1S/C23H21F4NO/c1-2-3-19(24)23(27)15-6-4-14(5-7-15)16-8-9-22(29-13-16)17-10-20(25)18(12-28)21(26)11-17/h4-7,10-11,16,22H,2-3,8-9,13H2,1H3. The van der Waals surface area contributed by atoms with Crippen molar-refractivity contribution in [1.82, 2.24) is 0 Å². The van der Waals surface area contributed by atoms with Gasteiger partial charge < -0.3 is 4.74 Å². The Labute approximate surface area is 167 Å². The predicted octanol–water partition coefficient (Wildman–Crippen LogP) is 6.88. The number of nitrogens with zero attached hydrogens (tertiary/aromatic N) is 1. The minimum atomic E-state index is -0.894. The molecule has 2 nitrogen and oxygen atoms in total. The van der Waals surface area contributed by atoms with Crippen LogP contribution in [-0.4, -0.2) is 6.61 Å². The number of ether oxygens (including phenoxy) is 1. The van der Waals surface area contributed by atoms with Crippen LogP contribution >= 0.6 is 0 Å². The van der Waals surface area contributed by atoms with E-state index in [4.69, 9.17) is 10.00 Å². The van der Waals surface area contributed by atoms with Crippen LogP contribution in [0.15, 0.2) is 42.2 Å². The Morgan fingerprint density at radius 3 is 2.24 bits per heavy atom. The molecule has 2 aromatic rings. The van der Waals surface area contributed by atoms with E-state index in [1.54, 1.807) is 31.2 Å². The van der Waals surface area contributed by atoms with Crippen LogP contribution in [0.4, 0.5) is 17.6 Å². The van der Waals surface area contributed by atoms with Gasteiger partial charge in [-0.2, -0.15) is 5.26 Å². The van der Waals surface area contributed by atoms with Crippen LogP contribution in [-0.2, 0) is 4.74 Å². The van der Waals surface area contributed by atoms with Gasteiger partial charge in [-0.3, -0.25) is 0 Å². The van der Waals surface area contributed by atoms with Crippen molar-refractivity contribution in [1.29, 1.82) is 5.26 Å². The van der Waals surface area contributed by atoms with Crippen LogP contribution < -0.4 is 0 Å². The largest absolute Gasteiger partial charge is 0.373 e. The van der Waals surface area contributed by atoms with Gasteiger partial charge in [-0.15, -0.1) is 0 Å². The molecule has 2 unspecified atom stereocenters. The highest BCUT2D eigenvalue weighted by Crippen LogP contribution is 2.37. The smallest absolute Gasteiger partial charge is 0.161 e. The van der Waals surface area contributed by atoms with Crippen molar-refractivity contribution >= 4 is 5.83 Å². The Bertz CT molecular complexity index is 915. The van der Waals surface area contributed by atoms with Gasteiger partial charge in [0.25, 0.3) is 0 Å². The van der Waals surface area contributed by atoms with E-state index in [2.05, 4.69) is 0 Å². The van der Waals surface area contributed by atoms with E-state index in [9.17, 15) is 17.6 Å². The minimum absolute atomic E-state index is 0.0564. The van der Waals surface area contributed by atoms with E-state index >= 15 is 0 Å². The fourth-order valence-electron chi connectivity index (χ4n) is 3.55. The van der Waals surface area contributed by atoms with E-state index in [1.807, 2.05) is 0 Å². The monoisotopic (exact) mass is 403 g/mol. The van der Waals surface area contributed by atoms with Crippen LogP contribution in [0.1, 0.15) is 66.9 Å². The van der Waals surface area contributed by atoms with Crippen molar-refractivity contribution in [2.75, 3.05) is 6.61 Å². The minimum Gasteiger partial charge on any atom is -0.373 e. The maximum atomic E-state index is 14.0. The van der Waals surface area contributed by atoms with Crippen molar-refractivity contribution in [2.45, 2.75) is 44.6 Å². The highest BCUT2D eigenvalue weighted by Gasteiger charge is 2.26. The first-order chi connectivity index (χ1) is 13.9. The third-order valence-electron chi connectivity index (χ3n) is 5.17. The molecule has 3 rings (SSSR count). The lowest BCUT2D eigenvalue weighted by Crippen LogP contribution is -2.19. The summed E-state index contributed by atoms with van der Waals surface area (Å²) in [6, 6.07) is 10.4. The summed E-state index contributed by atoms with van der Waals surface area (Å²) in [4.78, 5) is 0. The van der Waals surface area contributed by atoms with Crippen molar-refractivity contribution < 1.29 is 22.3 Å². The molecule has 1 saturated heterocycles. The SMILES string of the molecule is CCCC(F)=C(F)c1ccc(C2CCC(c3cc(F)c(C#N)c(F)c3)OC2)cc1. The Morgan fingerprint density at radius 1 is 1.07 bits per heavy atom. The van der Waals surface area contributed by atoms with Crippen LogP contribution in [0.25, 0.3) is 5.83 Å². The van der Waals surface area contributed by atoms with Crippen LogP contribution in [0.2, 0.25) is 0 Å². The predicted molar refractivity (Wildman–Crippen MR) is 102 cm³/mol. The summed E-state index contributed by atoms with van der Waals surface area (Å²) < 4.78 is 61.2. The molecule has 1 aliphatic rings. The van der Waals surface area contributed by atoms with Gasteiger partial charge in [-0.25, -0.2) is 17.6 Å². The second kappa shape index (κ2) is 9.23. The molecule has 0 saturated carbocycles. The van der Waals surface area contributed by atoms with Crippen molar-refractivity contribution in [3.05, 3.63) is 76.1 Å². The van der Waals surface area contributed by atoms with Gasteiger partial charge in [0.1, 0.15) is 29.1 Å². The second-order valence-corrected chi connectivity index (χ2v) is 7.16. The number of nitriles is 1. The molecule has 1 heterocycles. The second-order valence-electron chi connectivity index (χ2n) is 7.16. The topological polar surface area (TPSA) is 33.0 Å². The highest BCUT2D eigenvalue weighted by molar-refractivity contribution is 5.61. The summed E-state index contributed by atoms with van der Waals surface area (Å²) in [6.45, 7) is 2.13. The summed E-state index contributed by atoms with van der Waals surface area (Å²) in [7, 11) is 0. The Balaban J connectivity index is 1.67. The zero-order chi connectivity index (χ0) is 21.0. The third kappa shape index (κ3) is 4.68. The van der Waals surface area contributed by atoms with Crippen LogP contribution in [0.3, 0.4) is 0 Å². The van der Waals surface area contributed by atoms with Crippen molar-refractivity contribution in [3.63, 3.8) is 0 Å². The molecule has 0 spiro atoms. The Morgan fingerprint density at radius 2 is 1.72 bits per heavy atom. The maximum Gasteiger partial charge on any atom is 0.161 e. The lowest BCUT2D eigenvalue weighted by Gasteiger charge is -2.30. The van der Waals surface area contributed by atoms with E-state index in [0.29, 0.717) is 25.0 Å². The van der Waals surface area contributed by atoms with Crippen molar-refractivity contribution in [3.8, 4) is 6.07 Å². The zero-order valence-electron chi connectivity index (χ0n) is 16.0. The molecule has 0 aromatic heterocycles. The van der Waals surface area contributed by atoms with Gasteiger partial charge in [-0.05, 0) is 42.5 Å². The van der Waals surface area contributed by atoms with Crippen molar-refractivity contribution in [2.24, 2.45) is 0 Å². The van der Waals surface area contributed by atoms with E-state index in [0.717, 1.165) is 24.1 Å². The van der Waals surface area contributed by atoms with Crippen LogP contribution in [0, 0.1) is 23.0 Å². The van der Waals surface area contributed by atoms with Gasteiger partial charge in [0.15, 0.2) is 5.83 Å². The summed E-state index contributed by atoms with van der Waals surface area (Å²) in [5.74, 6) is -3.31. The Hall–Kier alpha value is -2.65. The number of allylic oxidation sites excluding steroid dienone is 1. The van der Waals surface area contributed by atoms with Crippen LogP contribution in [0.5, 0.6) is 0 Å². The molecule has 0 amide bonds. The average molecular weight is 403 g/mol. The molecule has 152 valence electrons. The number of hydrogen-bond donors (Lipinski definition) is 0. The fraction of sp³-hybridized carbons (Fsp3) is 0.348. The third-order valence-corrected chi connectivity index (χ3v) is 5.17. The van der Waals surface area contributed by atoms with Gasteiger partial charge in [0, 0.05) is 17.9 Å². The van der Waals surface area contributed by atoms with Gasteiger partial charge >= 0.3 is 0 Å². The van der Waals surface area contributed by atoms with E-state index in [-0.39, 0.29) is 17.9 Å². The summed E-state index contributed by atoms with van der Waals surface area (Å²) in [5, 5.41) is 8.76. The quantitative estimate of drug-likeness (QED) is 0.510. The van der Waals surface area contributed by atoms with Gasteiger partial charge in [0.05, 0.1) is 12.7 Å². The van der Waals surface area contributed by atoms with Gasteiger partial charge in [0.2, 0.25) is 0 Å². The Kier molecular flexibility index (Phi) is 6.71. The first-order valence-corrected chi connectivity index (χ1v) is 9.59. The first-order valence-electron chi connectivity index (χ1n) is 9.59. The van der Waals surface area contributed by atoms with Gasteiger partial charge in [-0.1, -0.05) is 31.2 Å². The molecular weight excluding hydrogens is 382 g/mol. The molecule has 2 aromatic carbocycles. The summed E-state index contributed by atoms with van der Waals surface area (Å²) in [6.07, 6.45) is 1.42. The molecular formula is C23H21F4NO. The number of benzene rings is 2. The molecule has 0 bridgehead atoms. The number of halogens is 4. The molecule has 6 heteroatoms. The maximum absolute atomic E-state index is 14.0. The zero-order valence-corrected chi connectivity index (χ0v) is 16.0. The number of rotatable bonds is 5.